The third-order valence-corrected chi connectivity index (χ3v) is 7.85. The van der Waals surface area contributed by atoms with E-state index in [1.54, 1.807) is 0 Å². The molecule has 1 aromatic carbocycles. The number of halogens is 18. The van der Waals surface area contributed by atoms with Crippen molar-refractivity contribution < 1.29 is 88.5 Å². The number of hydrogen-bond acceptors (Lipinski definition) is 2. The Balaban J connectivity index is 0.00000369. The van der Waals surface area contributed by atoms with E-state index in [0.29, 0.717) is 24.3 Å². The quantitative estimate of drug-likeness (QED) is 0.157. The maximum atomic E-state index is 14.1. The van der Waals surface area contributed by atoms with Gasteiger partial charge in [0.25, 0.3) is 0 Å². The van der Waals surface area contributed by atoms with Crippen LogP contribution >= 0.6 is 0 Å². The molecule has 282 valence electrons. The van der Waals surface area contributed by atoms with Crippen molar-refractivity contribution in [1.82, 2.24) is 0 Å². The fourth-order valence-corrected chi connectivity index (χ4v) is 5.24. The van der Waals surface area contributed by atoms with Crippen LogP contribution in [0.5, 0.6) is 0 Å². The normalized spacial score (nSPS) is 19.5. The lowest BCUT2D eigenvalue weighted by molar-refractivity contribution is -0.458. The molecular formula is C28H32F18O2. The summed E-state index contributed by atoms with van der Waals surface area (Å²) in [6.45, 7) is -4.41. The number of rotatable bonds is 12. The zero-order valence-electron chi connectivity index (χ0n) is 24.9. The van der Waals surface area contributed by atoms with E-state index >= 15 is 0 Å². The van der Waals surface area contributed by atoms with E-state index in [4.69, 9.17) is 0 Å². The molecule has 1 aromatic rings. The molecule has 0 amide bonds. The third-order valence-electron chi connectivity index (χ3n) is 7.85. The lowest BCUT2D eigenvalue weighted by Crippen LogP contribution is -2.68. The molecule has 1 aliphatic carbocycles. The minimum absolute atomic E-state index is 0.102. The van der Waals surface area contributed by atoms with Gasteiger partial charge in [-0.25, -0.2) is 8.78 Å². The summed E-state index contributed by atoms with van der Waals surface area (Å²) in [7, 11) is 0. The van der Waals surface area contributed by atoms with Crippen molar-refractivity contribution >= 4 is 0 Å². The van der Waals surface area contributed by atoms with Crippen LogP contribution in [0.25, 0.3) is 0 Å². The predicted molar refractivity (Wildman–Crippen MR) is 134 cm³/mol. The van der Waals surface area contributed by atoms with Crippen LogP contribution in [0.3, 0.4) is 0 Å². The molecule has 0 saturated heterocycles. The molecule has 0 aliphatic heterocycles. The summed E-state index contributed by atoms with van der Waals surface area (Å²) in [6.07, 6.45) is -28.3. The summed E-state index contributed by atoms with van der Waals surface area (Å²) in [5.74, 6) is -8.72. The summed E-state index contributed by atoms with van der Waals surface area (Å²) in [5.41, 5.74) is -7.01. The lowest BCUT2D eigenvalue weighted by Gasteiger charge is -2.39. The Morgan fingerprint density at radius 2 is 1.02 bits per heavy atom. The highest BCUT2D eigenvalue weighted by Gasteiger charge is 2.85. The van der Waals surface area contributed by atoms with E-state index in [1.165, 1.54) is 12.1 Å². The number of alkyl halides is 18. The van der Waals surface area contributed by atoms with E-state index in [9.17, 15) is 79.0 Å². The molecule has 1 atom stereocenters. The SMILES string of the molecule is CCCCCC1CCC(c2ccc(C(COC(F)(C(F)(F)F)C(F)(F)F)COC(C(F)(F)F)(C(F)(F)F)C(F)(F)F)cc2)CC1.FCF. The average Bonchev–Trinajstić information content (AvgIpc) is 2.92. The Morgan fingerprint density at radius 3 is 1.40 bits per heavy atom. The smallest absolute Gasteiger partial charge is 0.350 e. The first-order valence-corrected chi connectivity index (χ1v) is 14.3. The molecule has 1 saturated carbocycles. The Bertz CT molecular complexity index is 1010. The van der Waals surface area contributed by atoms with Crippen LogP contribution < -0.4 is 0 Å². The highest BCUT2D eigenvalue weighted by Crippen LogP contribution is 2.55. The minimum Gasteiger partial charge on any atom is -0.350 e. The monoisotopic (exact) mass is 742 g/mol. The maximum Gasteiger partial charge on any atom is 0.458 e. The standard InChI is InChI=1S/C27H30F16O2.CH2F2/c1-2-3-4-5-16-6-8-17(9-7-16)18-10-12-19(13-11-18)20(15-45-22(28,26(38,39)40)27(41,42)43)14-44-21(23(29,30)31,24(32,33)34)25(35,36)37;2-1-3/h10-13,16-17,20H,2-9,14-15H2,1H3;1H2. The summed E-state index contributed by atoms with van der Waals surface area (Å²) in [4.78, 5) is 0. The highest BCUT2D eigenvalue weighted by atomic mass is 19.4. The molecule has 1 aliphatic rings. The second kappa shape index (κ2) is 16.7. The van der Waals surface area contributed by atoms with E-state index in [0.717, 1.165) is 50.7 Å². The summed E-state index contributed by atoms with van der Waals surface area (Å²) in [6, 6.07) is 4.20. The second-order valence-corrected chi connectivity index (χ2v) is 11.1. The van der Waals surface area contributed by atoms with Gasteiger partial charge in [-0.3, -0.25) is 0 Å². The zero-order chi connectivity index (χ0) is 37.4. The van der Waals surface area contributed by atoms with E-state index in [2.05, 4.69) is 9.47 Å². The number of ether oxygens (including phenoxy) is 2. The molecule has 20 heteroatoms. The number of benzene rings is 1. The van der Waals surface area contributed by atoms with Crippen molar-refractivity contribution in [3.63, 3.8) is 0 Å². The first kappa shape index (κ1) is 43.9. The number of unbranched alkanes of at least 4 members (excludes halogenated alkanes) is 2. The molecule has 2 rings (SSSR count). The predicted octanol–water partition coefficient (Wildman–Crippen LogP) is 11.8. The molecule has 0 radical (unpaired) electrons. The minimum atomic E-state index is -7.24. The largest absolute Gasteiger partial charge is 0.458 e. The molecule has 0 N–H and O–H groups in total. The van der Waals surface area contributed by atoms with Crippen LogP contribution in [-0.4, -0.2) is 62.5 Å². The first-order valence-electron chi connectivity index (χ1n) is 14.3. The van der Waals surface area contributed by atoms with Gasteiger partial charge >= 0.3 is 42.3 Å². The molecular weight excluding hydrogens is 710 g/mol. The van der Waals surface area contributed by atoms with Crippen molar-refractivity contribution in [2.45, 2.75) is 112 Å². The van der Waals surface area contributed by atoms with Crippen molar-refractivity contribution in [3.05, 3.63) is 35.4 Å². The third kappa shape index (κ3) is 10.4. The zero-order valence-corrected chi connectivity index (χ0v) is 24.9. The van der Waals surface area contributed by atoms with Crippen LogP contribution in [0, 0.1) is 5.92 Å². The van der Waals surface area contributed by atoms with E-state index in [-0.39, 0.29) is 5.92 Å². The van der Waals surface area contributed by atoms with Crippen LogP contribution in [0.15, 0.2) is 24.3 Å². The average molecular weight is 743 g/mol. The molecule has 2 nitrogen and oxygen atoms in total. The first-order chi connectivity index (χ1) is 21.7. The number of hydrogen-bond donors (Lipinski definition) is 0. The summed E-state index contributed by atoms with van der Waals surface area (Å²) in [5, 5.41) is 0. The van der Waals surface area contributed by atoms with Crippen molar-refractivity contribution in [2.24, 2.45) is 5.92 Å². The molecule has 1 unspecified atom stereocenters. The van der Waals surface area contributed by atoms with Gasteiger partial charge in [0.05, 0.1) is 13.2 Å². The van der Waals surface area contributed by atoms with Gasteiger partial charge in [-0.05, 0) is 48.6 Å². The molecule has 0 aromatic heterocycles. The fraction of sp³-hybridized carbons (Fsp3) is 0.786. The molecule has 0 bridgehead atoms. The molecule has 1 fully saturated rings. The van der Waals surface area contributed by atoms with Gasteiger partial charge in [0.15, 0.2) is 0 Å². The Labute approximate surface area is 263 Å². The lowest BCUT2D eigenvalue weighted by atomic mass is 9.77. The van der Waals surface area contributed by atoms with Gasteiger partial charge in [0.2, 0.25) is 6.93 Å². The van der Waals surface area contributed by atoms with Gasteiger partial charge in [-0.1, -0.05) is 56.9 Å². The summed E-state index contributed by atoms with van der Waals surface area (Å²) >= 11 is 0. The van der Waals surface area contributed by atoms with Gasteiger partial charge < -0.3 is 9.47 Å². The molecule has 0 spiro atoms. The van der Waals surface area contributed by atoms with Crippen LogP contribution in [0.2, 0.25) is 0 Å². The van der Waals surface area contributed by atoms with E-state index in [1.807, 2.05) is 6.92 Å². The van der Waals surface area contributed by atoms with Crippen LogP contribution in [0.1, 0.15) is 81.3 Å². The van der Waals surface area contributed by atoms with E-state index < -0.39 is 74.0 Å². The Kier molecular flexibility index (Phi) is 15.3. The van der Waals surface area contributed by atoms with Crippen molar-refractivity contribution in [2.75, 3.05) is 20.1 Å². The van der Waals surface area contributed by atoms with Gasteiger partial charge in [0, 0.05) is 5.92 Å². The summed E-state index contributed by atoms with van der Waals surface area (Å²) < 4.78 is 238. The Hall–Kier alpha value is -2.12. The second-order valence-electron chi connectivity index (χ2n) is 11.1. The topological polar surface area (TPSA) is 18.5 Å². The van der Waals surface area contributed by atoms with Crippen LogP contribution in [0.4, 0.5) is 79.0 Å². The fourth-order valence-electron chi connectivity index (χ4n) is 5.24. The molecule has 0 heterocycles. The maximum absolute atomic E-state index is 14.1. The van der Waals surface area contributed by atoms with Gasteiger partial charge in [-0.15, -0.1) is 0 Å². The highest BCUT2D eigenvalue weighted by molar-refractivity contribution is 5.28. The Morgan fingerprint density at radius 1 is 0.604 bits per heavy atom. The van der Waals surface area contributed by atoms with Crippen molar-refractivity contribution in [1.29, 1.82) is 0 Å². The van der Waals surface area contributed by atoms with Crippen LogP contribution in [-0.2, 0) is 9.47 Å². The van der Waals surface area contributed by atoms with Gasteiger partial charge in [0.1, 0.15) is 0 Å². The van der Waals surface area contributed by atoms with Gasteiger partial charge in [-0.2, -0.15) is 70.2 Å². The molecule has 48 heavy (non-hydrogen) atoms. The van der Waals surface area contributed by atoms with Crippen molar-refractivity contribution in [3.8, 4) is 0 Å².